The summed E-state index contributed by atoms with van der Waals surface area (Å²) in [6, 6.07) is 0. The molecule has 6 unspecified atom stereocenters. The van der Waals surface area contributed by atoms with Crippen molar-refractivity contribution in [2.75, 3.05) is 13.2 Å². The number of esters is 3. The van der Waals surface area contributed by atoms with Crippen molar-refractivity contribution in [1.82, 2.24) is 0 Å². The molecule has 1 fully saturated rings. The highest BCUT2D eigenvalue weighted by Crippen LogP contribution is 2.27. The van der Waals surface area contributed by atoms with Crippen molar-refractivity contribution in [3.05, 3.63) is 36.5 Å². The molecule has 1 aliphatic heterocycles. The van der Waals surface area contributed by atoms with Gasteiger partial charge in [0.05, 0.1) is 6.61 Å². The highest BCUT2D eigenvalue weighted by Gasteiger charge is 2.50. The highest BCUT2D eigenvalue weighted by atomic mass is 16.7. The van der Waals surface area contributed by atoms with E-state index in [1.165, 1.54) is 135 Å². The summed E-state index contributed by atoms with van der Waals surface area (Å²) in [6.45, 7) is 5.88. The third-order valence-corrected chi connectivity index (χ3v) is 13.7. The van der Waals surface area contributed by atoms with Gasteiger partial charge in [0.15, 0.2) is 24.6 Å². The molecule has 0 spiro atoms. The molecule has 12 nitrogen and oxygen atoms in total. The van der Waals surface area contributed by atoms with E-state index in [0.29, 0.717) is 19.3 Å². The Balaban J connectivity index is 2.68. The molecule has 0 aromatic rings. The molecule has 1 saturated heterocycles. The first kappa shape index (κ1) is 68.0. The van der Waals surface area contributed by atoms with Gasteiger partial charge in [-0.2, -0.15) is 0 Å². The number of allylic oxidation sites excluding steroid dienone is 6. The summed E-state index contributed by atoms with van der Waals surface area (Å²) in [7, 11) is 0. The number of carbonyl (C=O) groups is 4. The maximum absolute atomic E-state index is 13.1. The Morgan fingerprint density at radius 3 is 1.32 bits per heavy atom. The van der Waals surface area contributed by atoms with Gasteiger partial charge in [-0.3, -0.25) is 14.4 Å². The van der Waals surface area contributed by atoms with Crippen LogP contribution in [0.15, 0.2) is 36.5 Å². The molecular weight excluding hydrogens is 925 g/mol. The number of aliphatic carboxylic acids is 1. The average molecular weight is 1030 g/mol. The first-order valence-electron chi connectivity index (χ1n) is 30.0. The van der Waals surface area contributed by atoms with Crippen LogP contribution in [0.25, 0.3) is 0 Å². The number of rotatable bonds is 51. The zero-order valence-electron chi connectivity index (χ0n) is 46.6. The first-order chi connectivity index (χ1) is 35.6. The fraction of sp³-hybridized carbons (Fsp3) is 0.836. The number of carboxylic acids is 1. The predicted molar refractivity (Wildman–Crippen MR) is 294 cm³/mol. The monoisotopic (exact) mass is 1030 g/mol. The summed E-state index contributed by atoms with van der Waals surface area (Å²) in [5, 5.41) is 31.5. The number of hydrogen-bond acceptors (Lipinski definition) is 11. The third-order valence-electron chi connectivity index (χ3n) is 13.7. The fourth-order valence-electron chi connectivity index (χ4n) is 9.15. The minimum Gasteiger partial charge on any atom is -0.479 e. The topological polar surface area (TPSA) is 175 Å². The molecule has 3 N–H and O–H groups in total. The van der Waals surface area contributed by atoms with Gasteiger partial charge in [0.2, 0.25) is 0 Å². The fourth-order valence-corrected chi connectivity index (χ4v) is 9.15. The van der Waals surface area contributed by atoms with E-state index in [1.54, 1.807) is 0 Å². The molecule has 0 bridgehead atoms. The van der Waals surface area contributed by atoms with Crippen LogP contribution in [0.1, 0.15) is 278 Å². The molecule has 0 amide bonds. The molecule has 0 aromatic carbocycles. The van der Waals surface area contributed by atoms with Crippen molar-refractivity contribution in [3.63, 3.8) is 0 Å². The van der Waals surface area contributed by atoms with E-state index in [-0.39, 0.29) is 25.9 Å². The minimum absolute atomic E-state index is 0.0625. The number of hydrogen-bond donors (Lipinski definition) is 3. The maximum Gasteiger partial charge on any atom is 0.335 e. The number of carbonyl (C=O) groups excluding carboxylic acids is 3. The van der Waals surface area contributed by atoms with Crippen LogP contribution in [-0.2, 0) is 42.9 Å². The molecule has 0 saturated carbocycles. The Labute approximate surface area is 444 Å². The Morgan fingerprint density at radius 1 is 0.466 bits per heavy atom. The summed E-state index contributed by atoms with van der Waals surface area (Å²) in [5.74, 6) is -3.13. The van der Waals surface area contributed by atoms with Crippen molar-refractivity contribution in [2.45, 2.75) is 314 Å². The van der Waals surface area contributed by atoms with E-state index in [9.17, 15) is 34.5 Å². The normalized spacial score (nSPS) is 18.5. The lowest BCUT2D eigenvalue weighted by atomic mass is 9.98. The SMILES string of the molecule is CC/C=C\C/C=C\C/C=C\CCCCCC(=O)OC(COC(=O)CCCCCCCCCCCCCCCCC)COC1OC(C(=O)O)C(O)C(O)C1OC(=O)CCCCCCCCCCCCCCCCC. The van der Waals surface area contributed by atoms with Crippen molar-refractivity contribution in [1.29, 1.82) is 0 Å². The van der Waals surface area contributed by atoms with Crippen molar-refractivity contribution in [3.8, 4) is 0 Å². The third kappa shape index (κ3) is 39.9. The van der Waals surface area contributed by atoms with Gasteiger partial charge in [-0.1, -0.05) is 243 Å². The molecule has 1 aliphatic rings. The second-order valence-electron chi connectivity index (χ2n) is 20.6. The molecule has 6 atom stereocenters. The van der Waals surface area contributed by atoms with E-state index in [0.717, 1.165) is 83.5 Å². The second-order valence-corrected chi connectivity index (χ2v) is 20.6. The van der Waals surface area contributed by atoms with Gasteiger partial charge in [-0.05, 0) is 51.4 Å². The van der Waals surface area contributed by atoms with Crippen molar-refractivity contribution >= 4 is 23.9 Å². The van der Waals surface area contributed by atoms with Crippen LogP contribution < -0.4 is 0 Å². The average Bonchev–Trinajstić information content (AvgIpc) is 3.37. The van der Waals surface area contributed by atoms with Crippen LogP contribution >= 0.6 is 0 Å². The molecule has 1 heterocycles. The largest absolute Gasteiger partial charge is 0.479 e. The quantitative estimate of drug-likeness (QED) is 0.0228. The Bertz CT molecular complexity index is 1410. The van der Waals surface area contributed by atoms with Crippen LogP contribution in [0.2, 0.25) is 0 Å². The van der Waals surface area contributed by atoms with Gasteiger partial charge in [-0.15, -0.1) is 0 Å². The number of carboxylic acid groups (broad SMARTS) is 1. The van der Waals surface area contributed by atoms with E-state index in [4.69, 9.17) is 23.7 Å². The molecule has 0 aromatic heterocycles. The van der Waals surface area contributed by atoms with Crippen molar-refractivity contribution in [2.24, 2.45) is 0 Å². The highest BCUT2D eigenvalue weighted by molar-refractivity contribution is 5.74. The van der Waals surface area contributed by atoms with Gasteiger partial charge >= 0.3 is 23.9 Å². The standard InChI is InChI=1S/C61H108O12/c1-4-7-10-13-16-19-22-25-27-30-32-35-38-41-44-47-53(62)69-50-52(71-54(63)48-45-42-39-36-33-29-24-21-18-15-12-9-6-3)51-70-61-59(57(66)56(65)58(73-61)60(67)68)72-55(64)49-46-43-40-37-34-31-28-26-23-20-17-14-11-8-5-2/h9,12,18,21,29,33,52,56-59,61,65-66H,4-8,10-11,13-17,19-20,22-28,30-32,34-51H2,1-3H3,(H,67,68)/b12-9-,21-18-,33-29-. The first-order valence-corrected chi connectivity index (χ1v) is 30.0. The molecule has 424 valence electrons. The van der Waals surface area contributed by atoms with Crippen LogP contribution in [0.4, 0.5) is 0 Å². The summed E-state index contributed by atoms with van der Waals surface area (Å²) in [5.41, 5.74) is 0. The zero-order valence-corrected chi connectivity index (χ0v) is 46.6. The molecule has 73 heavy (non-hydrogen) atoms. The van der Waals surface area contributed by atoms with Crippen LogP contribution in [0.5, 0.6) is 0 Å². The van der Waals surface area contributed by atoms with Crippen LogP contribution in [0, 0.1) is 0 Å². The van der Waals surface area contributed by atoms with E-state index in [2.05, 4.69) is 57.2 Å². The number of aliphatic hydroxyl groups excluding tert-OH is 2. The van der Waals surface area contributed by atoms with E-state index >= 15 is 0 Å². The van der Waals surface area contributed by atoms with Gasteiger partial charge < -0.3 is 39.0 Å². The molecule has 12 heteroatoms. The lowest BCUT2D eigenvalue weighted by Gasteiger charge is -2.40. The molecule has 0 radical (unpaired) electrons. The summed E-state index contributed by atoms with van der Waals surface area (Å²) < 4.78 is 28.4. The lowest BCUT2D eigenvalue weighted by Crippen LogP contribution is -2.61. The van der Waals surface area contributed by atoms with E-state index in [1.807, 2.05) is 0 Å². The Hall–Kier alpha value is -3.06. The predicted octanol–water partition coefficient (Wildman–Crippen LogP) is 15.2. The van der Waals surface area contributed by atoms with Crippen LogP contribution in [0.3, 0.4) is 0 Å². The summed E-state index contributed by atoms with van der Waals surface area (Å²) in [4.78, 5) is 51.1. The van der Waals surface area contributed by atoms with Gasteiger partial charge in [0.1, 0.15) is 18.8 Å². The van der Waals surface area contributed by atoms with Crippen LogP contribution in [-0.4, -0.2) is 89.2 Å². The molecule has 1 rings (SSSR count). The lowest BCUT2D eigenvalue weighted by molar-refractivity contribution is -0.301. The van der Waals surface area contributed by atoms with Crippen molar-refractivity contribution < 1.29 is 58.2 Å². The van der Waals surface area contributed by atoms with Gasteiger partial charge in [0.25, 0.3) is 0 Å². The second kappa shape index (κ2) is 49.8. The Kier molecular flexibility index (Phi) is 46.4. The van der Waals surface area contributed by atoms with Gasteiger partial charge in [-0.25, -0.2) is 4.79 Å². The number of unbranched alkanes of at least 4 members (excludes halogenated alkanes) is 31. The maximum atomic E-state index is 13.1. The minimum atomic E-state index is -1.90. The van der Waals surface area contributed by atoms with E-state index < -0.39 is 67.3 Å². The number of ether oxygens (including phenoxy) is 5. The Morgan fingerprint density at radius 2 is 0.863 bits per heavy atom. The summed E-state index contributed by atoms with van der Waals surface area (Å²) in [6.07, 6.45) is 45.5. The molecule has 0 aliphatic carbocycles. The number of aliphatic hydroxyl groups is 2. The zero-order chi connectivity index (χ0) is 53.3. The summed E-state index contributed by atoms with van der Waals surface area (Å²) >= 11 is 0. The van der Waals surface area contributed by atoms with Gasteiger partial charge in [0, 0.05) is 19.3 Å². The smallest absolute Gasteiger partial charge is 0.335 e. The molecular formula is C61H108O12.